The van der Waals surface area contributed by atoms with Crippen molar-refractivity contribution in [2.75, 3.05) is 0 Å². The molecule has 0 aromatic rings. The molecule has 214 valence electrons. The first-order chi connectivity index (χ1) is 17.6. The fourth-order valence-corrected chi connectivity index (χ4v) is 5.30. The van der Waals surface area contributed by atoms with Gasteiger partial charge in [-0.1, -0.05) is 199 Å². The Balaban J connectivity index is 0.000000462. The lowest BCUT2D eigenvalue weighted by Crippen LogP contribution is -1.92. The van der Waals surface area contributed by atoms with Crippen LogP contribution in [0.3, 0.4) is 0 Å². The minimum absolute atomic E-state index is 0.176. The Kier molecular flexibility index (Phi) is 29.8. The van der Waals surface area contributed by atoms with E-state index in [4.69, 9.17) is 5.11 Å². The molecule has 3 rings (SSSR count). The third-order valence-corrected chi connectivity index (χ3v) is 7.87. The zero-order chi connectivity index (χ0) is 26.4. The molecule has 3 fully saturated rings. The molecule has 0 heterocycles. The van der Waals surface area contributed by atoms with Crippen molar-refractivity contribution in [2.45, 2.75) is 200 Å². The van der Waals surface area contributed by atoms with Gasteiger partial charge in [0.2, 0.25) is 0 Å². The third kappa shape index (κ3) is 31.2. The van der Waals surface area contributed by atoms with Crippen LogP contribution in [0.2, 0.25) is 0 Å². The number of aliphatic carboxylic acids is 1. The first kappa shape index (κ1) is 35.2. The van der Waals surface area contributed by atoms with E-state index in [0.717, 1.165) is 0 Å². The van der Waals surface area contributed by atoms with E-state index in [1.54, 1.807) is 0 Å². The standard InChI is InChI=1S/3C10H20.C4H6O2/c3*1-2-4-6-8-10-9-7-5-3-1;1-3(2)4(5)6/h3*1-10H2;1H2,2H3,(H,5,6). The zero-order valence-corrected chi connectivity index (χ0v) is 24.8. The third-order valence-electron chi connectivity index (χ3n) is 7.87. The monoisotopic (exact) mass is 507 g/mol. The van der Waals surface area contributed by atoms with E-state index in [-0.39, 0.29) is 5.57 Å². The molecule has 0 atom stereocenters. The second-order valence-corrected chi connectivity index (χ2v) is 11.7. The Morgan fingerprint density at radius 3 is 0.444 bits per heavy atom. The highest BCUT2D eigenvalue weighted by Crippen LogP contribution is 2.17. The van der Waals surface area contributed by atoms with Crippen LogP contribution in [0.15, 0.2) is 12.2 Å². The zero-order valence-electron chi connectivity index (χ0n) is 24.8. The highest BCUT2D eigenvalue weighted by Gasteiger charge is 1.98. The molecule has 0 spiro atoms. The maximum absolute atomic E-state index is 9.60. The van der Waals surface area contributed by atoms with Crippen molar-refractivity contribution in [1.82, 2.24) is 0 Å². The van der Waals surface area contributed by atoms with Crippen molar-refractivity contribution in [3.8, 4) is 0 Å². The van der Waals surface area contributed by atoms with Crippen molar-refractivity contribution >= 4 is 5.97 Å². The molecule has 0 bridgehead atoms. The molecular formula is C34H66O2. The Morgan fingerprint density at radius 2 is 0.417 bits per heavy atom. The van der Waals surface area contributed by atoms with Gasteiger partial charge in [0.25, 0.3) is 0 Å². The second-order valence-electron chi connectivity index (χ2n) is 11.7. The van der Waals surface area contributed by atoms with Crippen LogP contribution < -0.4 is 0 Å². The summed E-state index contributed by atoms with van der Waals surface area (Å²) < 4.78 is 0. The number of hydrogen-bond acceptors (Lipinski definition) is 1. The van der Waals surface area contributed by atoms with Gasteiger partial charge in [-0.05, 0) is 6.92 Å². The van der Waals surface area contributed by atoms with Crippen LogP contribution >= 0.6 is 0 Å². The molecule has 0 saturated heterocycles. The summed E-state index contributed by atoms with van der Waals surface area (Å²) in [5.74, 6) is -0.935. The normalized spacial score (nSPS) is 21.2. The van der Waals surface area contributed by atoms with Crippen LogP contribution in [0.5, 0.6) is 0 Å². The molecule has 36 heavy (non-hydrogen) atoms. The van der Waals surface area contributed by atoms with Crippen molar-refractivity contribution in [2.24, 2.45) is 0 Å². The van der Waals surface area contributed by atoms with E-state index >= 15 is 0 Å². The minimum atomic E-state index is -0.935. The van der Waals surface area contributed by atoms with E-state index in [2.05, 4.69) is 6.58 Å². The first-order valence-corrected chi connectivity index (χ1v) is 16.5. The van der Waals surface area contributed by atoms with Crippen molar-refractivity contribution in [3.63, 3.8) is 0 Å². The molecule has 0 aliphatic heterocycles. The van der Waals surface area contributed by atoms with Gasteiger partial charge in [-0.2, -0.15) is 0 Å². The van der Waals surface area contributed by atoms with Crippen molar-refractivity contribution in [3.05, 3.63) is 12.2 Å². The molecule has 1 N–H and O–H groups in total. The van der Waals surface area contributed by atoms with Gasteiger partial charge in [-0.3, -0.25) is 0 Å². The maximum Gasteiger partial charge on any atom is 0.330 e. The van der Waals surface area contributed by atoms with Crippen LogP contribution in [0.4, 0.5) is 0 Å². The molecule has 3 aliphatic rings. The molecule has 0 radical (unpaired) electrons. The van der Waals surface area contributed by atoms with E-state index < -0.39 is 5.97 Å². The van der Waals surface area contributed by atoms with Crippen LogP contribution in [-0.2, 0) is 4.79 Å². The largest absolute Gasteiger partial charge is 0.478 e. The van der Waals surface area contributed by atoms with Gasteiger partial charge in [0.1, 0.15) is 0 Å². The van der Waals surface area contributed by atoms with Gasteiger partial charge in [-0.25, -0.2) is 4.79 Å². The molecule has 3 aliphatic carbocycles. The fraction of sp³-hybridized carbons (Fsp3) is 0.912. The summed E-state index contributed by atoms with van der Waals surface area (Å²) in [4.78, 5) is 9.60. The van der Waals surface area contributed by atoms with Gasteiger partial charge < -0.3 is 5.11 Å². The predicted octanol–water partition coefficient (Wildman–Crippen LogP) is 12.4. The summed E-state index contributed by atoms with van der Waals surface area (Å²) in [5, 5.41) is 7.89. The lowest BCUT2D eigenvalue weighted by atomic mass is 10.0. The lowest BCUT2D eigenvalue weighted by Gasteiger charge is -2.05. The Bertz CT molecular complexity index is 297. The van der Waals surface area contributed by atoms with E-state index in [1.165, 1.54) is 200 Å². The van der Waals surface area contributed by atoms with Gasteiger partial charge >= 0.3 is 5.97 Å². The van der Waals surface area contributed by atoms with Crippen molar-refractivity contribution < 1.29 is 9.90 Å². The number of carbonyl (C=O) groups is 1. The quantitative estimate of drug-likeness (QED) is 0.359. The highest BCUT2D eigenvalue weighted by atomic mass is 16.4. The van der Waals surface area contributed by atoms with Gasteiger partial charge in [0.15, 0.2) is 0 Å². The van der Waals surface area contributed by atoms with Crippen LogP contribution in [0.25, 0.3) is 0 Å². The summed E-state index contributed by atoms with van der Waals surface area (Å²) in [7, 11) is 0. The SMILES string of the molecule is C1CCCCCCCCC1.C1CCCCCCCCC1.C1CCCCCCCCC1.C=C(C)C(=O)O. The average Bonchev–Trinajstić information content (AvgIpc) is 2.91. The van der Waals surface area contributed by atoms with E-state index in [1.807, 2.05) is 0 Å². The number of carboxylic acids is 1. The summed E-state index contributed by atoms with van der Waals surface area (Å²) in [6.07, 6.45) is 45.0. The molecule has 0 amide bonds. The smallest absolute Gasteiger partial charge is 0.330 e. The lowest BCUT2D eigenvalue weighted by molar-refractivity contribution is -0.132. The molecule has 0 unspecified atom stereocenters. The molecular weight excluding hydrogens is 440 g/mol. The topological polar surface area (TPSA) is 37.3 Å². The molecule has 2 heteroatoms. The minimum Gasteiger partial charge on any atom is -0.478 e. The highest BCUT2D eigenvalue weighted by molar-refractivity contribution is 5.84. The fourth-order valence-electron chi connectivity index (χ4n) is 5.30. The van der Waals surface area contributed by atoms with Gasteiger partial charge in [0, 0.05) is 5.57 Å². The molecule has 0 aromatic heterocycles. The predicted molar refractivity (Wildman–Crippen MR) is 161 cm³/mol. The molecule has 3 saturated carbocycles. The Hall–Kier alpha value is -0.790. The van der Waals surface area contributed by atoms with Crippen LogP contribution in [0, 0.1) is 0 Å². The summed E-state index contributed by atoms with van der Waals surface area (Å²) in [6.45, 7) is 4.60. The first-order valence-electron chi connectivity index (χ1n) is 16.5. The van der Waals surface area contributed by atoms with E-state index in [0.29, 0.717) is 0 Å². The second kappa shape index (κ2) is 30.4. The summed E-state index contributed by atoms with van der Waals surface area (Å²) in [5.41, 5.74) is 0.176. The summed E-state index contributed by atoms with van der Waals surface area (Å²) in [6, 6.07) is 0. The van der Waals surface area contributed by atoms with Crippen LogP contribution in [-0.4, -0.2) is 11.1 Å². The van der Waals surface area contributed by atoms with Crippen molar-refractivity contribution in [1.29, 1.82) is 0 Å². The maximum atomic E-state index is 9.60. The Labute approximate surface area is 227 Å². The van der Waals surface area contributed by atoms with Crippen LogP contribution in [0.1, 0.15) is 200 Å². The van der Waals surface area contributed by atoms with E-state index in [9.17, 15) is 4.79 Å². The average molecular weight is 507 g/mol. The number of carboxylic acid groups (broad SMARTS) is 1. The Morgan fingerprint density at radius 1 is 0.361 bits per heavy atom. The summed E-state index contributed by atoms with van der Waals surface area (Å²) >= 11 is 0. The van der Waals surface area contributed by atoms with Gasteiger partial charge in [-0.15, -0.1) is 0 Å². The van der Waals surface area contributed by atoms with Gasteiger partial charge in [0.05, 0.1) is 0 Å². The number of rotatable bonds is 1. The molecule has 2 nitrogen and oxygen atoms in total. The number of hydrogen-bond donors (Lipinski definition) is 1. The molecule has 0 aromatic carbocycles.